The summed E-state index contributed by atoms with van der Waals surface area (Å²) in [4.78, 5) is 23.5. The van der Waals surface area contributed by atoms with E-state index in [1.165, 1.54) is 18.2 Å². The minimum atomic E-state index is -0.583. The third kappa shape index (κ3) is 3.98. The van der Waals surface area contributed by atoms with E-state index in [1.54, 1.807) is 12.1 Å². The van der Waals surface area contributed by atoms with E-state index < -0.39 is 11.6 Å². The van der Waals surface area contributed by atoms with Gasteiger partial charge >= 0.3 is 11.6 Å². The maximum Gasteiger partial charge on any atom is 0.344 e. The number of rotatable bonds is 5. The van der Waals surface area contributed by atoms with Crippen molar-refractivity contribution in [3.8, 4) is 11.5 Å². The predicted molar refractivity (Wildman–Crippen MR) is 90.6 cm³/mol. The molecule has 0 radical (unpaired) electrons. The molecule has 0 bridgehead atoms. The van der Waals surface area contributed by atoms with Crippen molar-refractivity contribution in [2.45, 2.75) is 13.5 Å². The highest BCUT2D eigenvalue weighted by atomic mass is 16.6. The Hall–Kier alpha value is -3.28. The lowest BCUT2D eigenvalue weighted by atomic mass is 10.1. The van der Waals surface area contributed by atoms with Crippen LogP contribution in [0.1, 0.15) is 11.1 Å². The van der Waals surface area contributed by atoms with Gasteiger partial charge in [-0.3, -0.25) is 0 Å². The average molecular weight is 340 g/mol. The first-order valence-electron chi connectivity index (χ1n) is 7.63. The maximum absolute atomic E-state index is 11.9. The molecule has 0 fully saturated rings. The molecule has 0 aliphatic rings. The van der Waals surface area contributed by atoms with E-state index in [4.69, 9.17) is 13.9 Å². The van der Waals surface area contributed by atoms with Crippen LogP contribution in [0.2, 0.25) is 0 Å². The highest BCUT2D eigenvalue weighted by Crippen LogP contribution is 2.22. The number of hydrogen-bond donors (Lipinski definition) is 1. The molecule has 0 saturated heterocycles. The van der Waals surface area contributed by atoms with Gasteiger partial charge in [0.15, 0.2) is 6.61 Å². The van der Waals surface area contributed by atoms with Crippen LogP contribution in [-0.2, 0) is 16.1 Å². The molecule has 1 aromatic heterocycles. The number of carbonyl (C=O) groups excluding carboxylic acids is 1. The number of ether oxygens (including phenoxy) is 2. The van der Waals surface area contributed by atoms with Crippen molar-refractivity contribution in [2.75, 3.05) is 6.61 Å². The first-order chi connectivity index (χ1) is 12.0. The van der Waals surface area contributed by atoms with Gasteiger partial charge in [0.05, 0.1) is 0 Å². The summed E-state index contributed by atoms with van der Waals surface area (Å²) in [5.74, 6) is 0.0422. The molecule has 0 aliphatic heterocycles. The Balaban J connectivity index is 1.67. The van der Waals surface area contributed by atoms with E-state index in [0.29, 0.717) is 16.7 Å². The smallest absolute Gasteiger partial charge is 0.344 e. The van der Waals surface area contributed by atoms with Crippen molar-refractivity contribution in [3.63, 3.8) is 0 Å². The van der Waals surface area contributed by atoms with Crippen LogP contribution in [-0.4, -0.2) is 17.7 Å². The zero-order valence-corrected chi connectivity index (χ0v) is 13.5. The summed E-state index contributed by atoms with van der Waals surface area (Å²) in [6.07, 6.45) is 0. The number of aryl methyl sites for hydroxylation is 1. The molecule has 0 aliphatic carbocycles. The summed E-state index contributed by atoms with van der Waals surface area (Å²) in [6.45, 7) is 1.55. The molecule has 25 heavy (non-hydrogen) atoms. The predicted octanol–water partition coefficient (Wildman–Crippen LogP) is 2.93. The summed E-state index contributed by atoms with van der Waals surface area (Å²) in [6, 6.07) is 13.0. The fourth-order valence-electron chi connectivity index (χ4n) is 2.39. The van der Waals surface area contributed by atoms with Gasteiger partial charge in [0, 0.05) is 23.1 Å². The fourth-order valence-corrected chi connectivity index (χ4v) is 2.39. The zero-order valence-electron chi connectivity index (χ0n) is 13.5. The van der Waals surface area contributed by atoms with E-state index in [0.717, 1.165) is 5.56 Å². The Morgan fingerprint density at radius 2 is 1.96 bits per heavy atom. The van der Waals surface area contributed by atoms with Crippen molar-refractivity contribution in [1.29, 1.82) is 0 Å². The third-order valence-corrected chi connectivity index (χ3v) is 3.64. The third-order valence-electron chi connectivity index (χ3n) is 3.64. The van der Waals surface area contributed by atoms with Crippen LogP contribution in [0.4, 0.5) is 0 Å². The molecule has 3 rings (SSSR count). The van der Waals surface area contributed by atoms with Gasteiger partial charge in [0.2, 0.25) is 0 Å². The van der Waals surface area contributed by atoms with Crippen molar-refractivity contribution in [1.82, 2.24) is 0 Å². The molecule has 0 unspecified atom stereocenters. The average Bonchev–Trinajstić information content (AvgIpc) is 2.58. The van der Waals surface area contributed by atoms with Crippen LogP contribution in [0, 0.1) is 6.92 Å². The number of phenols is 1. The highest BCUT2D eigenvalue weighted by Gasteiger charge is 2.10. The van der Waals surface area contributed by atoms with Crippen molar-refractivity contribution >= 4 is 16.9 Å². The Morgan fingerprint density at radius 3 is 2.76 bits per heavy atom. The molecule has 0 saturated carbocycles. The lowest BCUT2D eigenvalue weighted by Crippen LogP contribution is -2.15. The van der Waals surface area contributed by atoms with Gasteiger partial charge < -0.3 is 19.0 Å². The second-order valence-electron chi connectivity index (χ2n) is 5.49. The van der Waals surface area contributed by atoms with Crippen molar-refractivity contribution in [3.05, 3.63) is 70.1 Å². The SMILES string of the molecule is Cc1ccccc1OCC(=O)OCc1cc(=O)oc2cc(O)ccc12. The van der Waals surface area contributed by atoms with E-state index in [9.17, 15) is 14.7 Å². The molecule has 1 N–H and O–H groups in total. The lowest BCUT2D eigenvalue weighted by Gasteiger charge is -2.10. The Kier molecular flexibility index (Phi) is 4.70. The number of para-hydroxylation sites is 1. The number of benzene rings is 2. The Morgan fingerprint density at radius 1 is 1.16 bits per heavy atom. The van der Waals surface area contributed by atoms with Crippen LogP contribution in [0.15, 0.2) is 57.7 Å². The molecular weight excluding hydrogens is 324 g/mol. The van der Waals surface area contributed by atoms with Gasteiger partial charge in [0.1, 0.15) is 23.7 Å². The van der Waals surface area contributed by atoms with E-state index in [-0.39, 0.29) is 24.5 Å². The molecule has 1 heterocycles. The minimum Gasteiger partial charge on any atom is -0.508 e. The second kappa shape index (κ2) is 7.09. The second-order valence-corrected chi connectivity index (χ2v) is 5.49. The van der Waals surface area contributed by atoms with Gasteiger partial charge in [-0.25, -0.2) is 9.59 Å². The normalized spacial score (nSPS) is 10.6. The Labute approximate surface area is 143 Å². The quantitative estimate of drug-likeness (QED) is 0.568. The number of fused-ring (bicyclic) bond motifs is 1. The van der Waals surface area contributed by atoms with Crippen molar-refractivity contribution in [2.24, 2.45) is 0 Å². The van der Waals surface area contributed by atoms with Gasteiger partial charge in [-0.1, -0.05) is 18.2 Å². The van der Waals surface area contributed by atoms with Crippen LogP contribution < -0.4 is 10.4 Å². The van der Waals surface area contributed by atoms with Gasteiger partial charge in [-0.15, -0.1) is 0 Å². The summed E-state index contributed by atoms with van der Waals surface area (Å²) in [5, 5.41) is 10.1. The van der Waals surface area contributed by atoms with Gasteiger partial charge in [-0.05, 0) is 30.7 Å². The summed E-state index contributed by atoms with van der Waals surface area (Å²) >= 11 is 0. The standard InChI is InChI=1S/C19H16O6/c1-12-4-2-3-5-16(12)23-11-19(22)24-10-13-8-18(21)25-17-9-14(20)6-7-15(13)17/h2-9,20H,10-11H2,1H3. The molecular formula is C19H16O6. The summed E-state index contributed by atoms with van der Waals surface area (Å²) < 4.78 is 15.6. The number of hydrogen-bond acceptors (Lipinski definition) is 6. The first-order valence-corrected chi connectivity index (χ1v) is 7.63. The molecule has 3 aromatic rings. The molecule has 0 atom stereocenters. The maximum atomic E-state index is 11.9. The lowest BCUT2D eigenvalue weighted by molar-refractivity contribution is -0.147. The topological polar surface area (TPSA) is 86.0 Å². The van der Waals surface area contributed by atoms with Crippen LogP contribution in [0.5, 0.6) is 11.5 Å². The molecule has 0 spiro atoms. The summed E-state index contributed by atoms with van der Waals surface area (Å²) in [7, 11) is 0. The minimum absolute atomic E-state index is 0.0172. The molecule has 6 nitrogen and oxygen atoms in total. The van der Waals surface area contributed by atoms with Gasteiger partial charge in [-0.2, -0.15) is 0 Å². The van der Waals surface area contributed by atoms with E-state index in [2.05, 4.69) is 0 Å². The Bertz CT molecular complexity index is 973. The van der Waals surface area contributed by atoms with Crippen LogP contribution >= 0.6 is 0 Å². The molecule has 0 amide bonds. The van der Waals surface area contributed by atoms with E-state index in [1.807, 2.05) is 25.1 Å². The number of esters is 1. The highest BCUT2D eigenvalue weighted by molar-refractivity contribution is 5.81. The molecule has 128 valence electrons. The monoisotopic (exact) mass is 340 g/mol. The first kappa shape index (κ1) is 16.6. The molecule has 6 heteroatoms. The fraction of sp³-hybridized carbons (Fsp3) is 0.158. The van der Waals surface area contributed by atoms with Gasteiger partial charge in [0.25, 0.3) is 0 Å². The number of carbonyl (C=O) groups is 1. The number of phenolic OH excluding ortho intramolecular Hbond substituents is 1. The van der Waals surface area contributed by atoms with E-state index >= 15 is 0 Å². The summed E-state index contributed by atoms with van der Waals surface area (Å²) in [5.41, 5.74) is 1.06. The largest absolute Gasteiger partial charge is 0.508 e. The zero-order chi connectivity index (χ0) is 17.8. The van der Waals surface area contributed by atoms with Crippen LogP contribution in [0.25, 0.3) is 11.0 Å². The van der Waals surface area contributed by atoms with Crippen molar-refractivity contribution < 1.29 is 23.8 Å². The van der Waals surface area contributed by atoms with Crippen LogP contribution in [0.3, 0.4) is 0 Å². The number of aromatic hydroxyl groups is 1. The molecule has 2 aromatic carbocycles.